The van der Waals surface area contributed by atoms with Gasteiger partial charge in [-0.05, 0) is 6.07 Å². The number of hydrogen-bond donors (Lipinski definition) is 2. The third-order valence-corrected chi connectivity index (χ3v) is 1.92. The molecule has 0 aliphatic carbocycles. The number of anilines is 1. The second-order valence-corrected chi connectivity index (χ2v) is 3.02. The lowest BCUT2D eigenvalue weighted by Crippen LogP contribution is -2.14. The first-order valence-electron chi connectivity index (χ1n) is 4.53. The van der Waals surface area contributed by atoms with E-state index in [-0.39, 0.29) is 18.0 Å². The van der Waals surface area contributed by atoms with Gasteiger partial charge in [-0.25, -0.2) is 0 Å². The van der Waals surface area contributed by atoms with Crippen molar-refractivity contribution < 1.29 is 9.59 Å². The van der Waals surface area contributed by atoms with Gasteiger partial charge in [0, 0.05) is 18.2 Å². The number of carbonyl (C=O) groups excluding carboxylic acids is 2. The van der Waals surface area contributed by atoms with Crippen molar-refractivity contribution in [2.45, 2.75) is 6.92 Å². The number of nitrogens with one attached hydrogen (secondary N) is 2. The SMILES string of the molecule is CC(=O)C(=N)c1ccccc1NCC=O. The Kier molecular flexibility index (Phi) is 3.74. The van der Waals surface area contributed by atoms with E-state index in [1.807, 2.05) is 0 Å². The lowest BCUT2D eigenvalue weighted by Gasteiger charge is -2.08. The highest BCUT2D eigenvalue weighted by molar-refractivity contribution is 6.45. The highest BCUT2D eigenvalue weighted by Gasteiger charge is 2.10. The Hall–Kier alpha value is -1.97. The Morgan fingerprint density at radius 1 is 1.47 bits per heavy atom. The Morgan fingerprint density at radius 2 is 2.13 bits per heavy atom. The minimum atomic E-state index is -0.296. The Bertz CT molecular complexity index is 399. The van der Waals surface area contributed by atoms with E-state index in [1.165, 1.54) is 6.92 Å². The fourth-order valence-electron chi connectivity index (χ4n) is 1.20. The van der Waals surface area contributed by atoms with Crippen LogP contribution in [-0.2, 0) is 9.59 Å². The molecule has 78 valence electrons. The first-order valence-corrected chi connectivity index (χ1v) is 4.53. The lowest BCUT2D eigenvalue weighted by molar-refractivity contribution is -0.111. The molecule has 0 unspecified atom stereocenters. The highest BCUT2D eigenvalue weighted by Crippen LogP contribution is 2.15. The summed E-state index contributed by atoms with van der Waals surface area (Å²) in [4.78, 5) is 21.3. The summed E-state index contributed by atoms with van der Waals surface area (Å²) in [5.74, 6) is -0.296. The van der Waals surface area contributed by atoms with Gasteiger partial charge in [-0.15, -0.1) is 0 Å². The van der Waals surface area contributed by atoms with Crippen molar-refractivity contribution in [3.8, 4) is 0 Å². The largest absolute Gasteiger partial charge is 0.378 e. The molecular formula is C11H12N2O2. The molecule has 1 aromatic carbocycles. The molecule has 0 saturated carbocycles. The van der Waals surface area contributed by atoms with Gasteiger partial charge in [-0.3, -0.25) is 10.2 Å². The zero-order chi connectivity index (χ0) is 11.3. The molecule has 0 bridgehead atoms. The standard InChI is InChI=1S/C11H12N2O2/c1-8(15)11(12)9-4-2-3-5-10(9)13-6-7-14/h2-5,7,12-13H,6H2,1H3. The van der Waals surface area contributed by atoms with Gasteiger partial charge in [0.2, 0.25) is 0 Å². The molecule has 1 aromatic rings. The minimum Gasteiger partial charge on any atom is -0.378 e. The van der Waals surface area contributed by atoms with Gasteiger partial charge in [-0.1, -0.05) is 18.2 Å². The molecule has 4 heteroatoms. The summed E-state index contributed by atoms with van der Waals surface area (Å²) in [7, 11) is 0. The quantitative estimate of drug-likeness (QED) is 0.560. The molecule has 0 aliphatic heterocycles. The third kappa shape index (κ3) is 2.74. The number of Topliss-reactive ketones (excluding diaryl/α,β-unsaturated/α-hetero) is 1. The van der Waals surface area contributed by atoms with Crippen LogP contribution in [0.4, 0.5) is 5.69 Å². The first kappa shape index (κ1) is 11.1. The van der Waals surface area contributed by atoms with Crippen LogP contribution in [0.1, 0.15) is 12.5 Å². The van der Waals surface area contributed by atoms with E-state index in [0.717, 1.165) is 6.29 Å². The summed E-state index contributed by atoms with van der Waals surface area (Å²) >= 11 is 0. The molecule has 2 N–H and O–H groups in total. The maximum absolute atomic E-state index is 11.0. The molecule has 0 amide bonds. The van der Waals surface area contributed by atoms with Crippen LogP contribution in [0.5, 0.6) is 0 Å². The van der Waals surface area contributed by atoms with Crippen LogP contribution in [0.25, 0.3) is 0 Å². The normalized spacial score (nSPS) is 9.40. The van der Waals surface area contributed by atoms with Crippen LogP contribution in [0, 0.1) is 5.41 Å². The van der Waals surface area contributed by atoms with Crippen LogP contribution in [-0.4, -0.2) is 24.3 Å². The first-order chi connectivity index (χ1) is 7.16. The van der Waals surface area contributed by atoms with Crippen molar-refractivity contribution in [3.63, 3.8) is 0 Å². The topological polar surface area (TPSA) is 70.0 Å². The monoisotopic (exact) mass is 204 g/mol. The van der Waals surface area contributed by atoms with E-state index in [1.54, 1.807) is 24.3 Å². The van der Waals surface area contributed by atoms with E-state index in [4.69, 9.17) is 5.41 Å². The molecule has 1 rings (SSSR count). The number of para-hydroxylation sites is 1. The van der Waals surface area contributed by atoms with E-state index in [2.05, 4.69) is 5.32 Å². The Morgan fingerprint density at radius 3 is 2.73 bits per heavy atom. The Labute approximate surface area is 87.8 Å². The molecule has 0 radical (unpaired) electrons. The molecule has 0 aromatic heterocycles. The summed E-state index contributed by atoms with van der Waals surface area (Å²) in [6.07, 6.45) is 0.730. The van der Waals surface area contributed by atoms with Crippen LogP contribution in [0.15, 0.2) is 24.3 Å². The molecule has 0 saturated heterocycles. The van der Waals surface area contributed by atoms with Crippen LogP contribution >= 0.6 is 0 Å². The predicted octanol–water partition coefficient (Wildman–Crippen LogP) is 1.25. The van der Waals surface area contributed by atoms with E-state index in [9.17, 15) is 9.59 Å². The lowest BCUT2D eigenvalue weighted by atomic mass is 10.1. The predicted molar refractivity (Wildman–Crippen MR) is 58.5 cm³/mol. The van der Waals surface area contributed by atoms with E-state index < -0.39 is 0 Å². The van der Waals surface area contributed by atoms with Crippen molar-refractivity contribution in [2.75, 3.05) is 11.9 Å². The molecule has 0 atom stereocenters. The van der Waals surface area contributed by atoms with Gasteiger partial charge in [0.25, 0.3) is 0 Å². The second kappa shape index (κ2) is 5.05. The molecule has 0 fully saturated rings. The molecule has 0 spiro atoms. The number of ketones is 1. The van der Waals surface area contributed by atoms with Crippen LogP contribution < -0.4 is 5.32 Å². The van der Waals surface area contributed by atoms with Crippen LogP contribution in [0.3, 0.4) is 0 Å². The number of hydrogen-bond acceptors (Lipinski definition) is 4. The fourth-order valence-corrected chi connectivity index (χ4v) is 1.20. The van der Waals surface area contributed by atoms with E-state index >= 15 is 0 Å². The summed E-state index contributed by atoms with van der Waals surface area (Å²) in [5, 5.41) is 10.4. The van der Waals surface area contributed by atoms with Crippen molar-refractivity contribution in [3.05, 3.63) is 29.8 Å². The minimum absolute atomic E-state index is 0.0519. The molecule has 0 heterocycles. The fraction of sp³-hybridized carbons (Fsp3) is 0.182. The van der Waals surface area contributed by atoms with Crippen molar-refractivity contribution >= 4 is 23.5 Å². The summed E-state index contributed by atoms with van der Waals surface area (Å²) < 4.78 is 0. The third-order valence-electron chi connectivity index (χ3n) is 1.92. The van der Waals surface area contributed by atoms with E-state index in [0.29, 0.717) is 11.3 Å². The van der Waals surface area contributed by atoms with Gasteiger partial charge in [-0.2, -0.15) is 0 Å². The number of rotatable bonds is 5. The van der Waals surface area contributed by atoms with Gasteiger partial charge < -0.3 is 10.1 Å². The van der Waals surface area contributed by atoms with Crippen molar-refractivity contribution in [1.29, 1.82) is 5.41 Å². The second-order valence-electron chi connectivity index (χ2n) is 3.02. The van der Waals surface area contributed by atoms with Gasteiger partial charge in [0.1, 0.15) is 12.0 Å². The Balaban J connectivity index is 3.00. The summed E-state index contributed by atoms with van der Waals surface area (Å²) in [6, 6.07) is 6.94. The smallest absolute Gasteiger partial charge is 0.178 e. The zero-order valence-electron chi connectivity index (χ0n) is 8.41. The summed E-state index contributed by atoms with van der Waals surface area (Å²) in [5.41, 5.74) is 1.10. The zero-order valence-corrected chi connectivity index (χ0v) is 8.41. The molecule has 15 heavy (non-hydrogen) atoms. The average Bonchev–Trinajstić information content (AvgIpc) is 2.25. The highest BCUT2D eigenvalue weighted by atomic mass is 16.1. The van der Waals surface area contributed by atoms with Crippen molar-refractivity contribution in [2.24, 2.45) is 0 Å². The molecule has 0 aliphatic rings. The van der Waals surface area contributed by atoms with Crippen molar-refractivity contribution in [1.82, 2.24) is 0 Å². The molecule has 4 nitrogen and oxygen atoms in total. The number of benzene rings is 1. The van der Waals surface area contributed by atoms with Gasteiger partial charge in [0.15, 0.2) is 5.78 Å². The summed E-state index contributed by atoms with van der Waals surface area (Å²) in [6.45, 7) is 1.51. The molecular weight excluding hydrogens is 192 g/mol. The van der Waals surface area contributed by atoms with Crippen LogP contribution in [0.2, 0.25) is 0 Å². The van der Waals surface area contributed by atoms with Gasteiger partial charge in [0.05, 0.1) is 6.54 Å². The maximum atomic E-state index is 11.0. The maximum Gasteiger partial charge on any atom is 0.178 e. The number of carbonyl (C=O) groups is 2. The number of aldehydes is 1. The average molecular weight is 204 g/mol. The van der Waals surface area contributed by atoms with Gasteiger partial charge >= 0.3 is 0 Å².